The molecular weight excluding hydrogens is 430 g/mol. The summed E-state index contributed by atoms with van der Waals surface area (Å²) in [6.07, 6.45) is 5.82. The minimum atomic E-state index is -0.376. The molecule has 10 heteroatoms. The molecule has 0 saturated carbocycles. The van der Waals surface area contributed by atoms with E-state index in [4.69, 9.17) is 9.47 Å². The van der Waals surface area contributed by atoms with Gasteiger partial charge in [0.2, 0.25) is 5.91 Å². The number of methoxy groups -OCH3 is 2. The molecule has 1 aliphatic carbocycles. The Morgan fingerprint density at radius 3 is 2.88 bits per heavy atom. The number of para-hydroxylation sites is 1. The molecule has 1 N–H and O–H groups in total. The van der Waals surface area contributed by atoms with Crippen LogP contribution in [0.3, 0.4) is 0 Å². The number of carbonyl (C=O) groups excluding carboxylic acids is 1. The maximum absolute atomic E-state index is 12.9. The molecule has 0 atom stereocenters. The summed E-state index contributed by atoms with van der Waals surface area (Å²) in [7, 11) is 3.11. The third-order valence-electron chi connectivity index (χ3n) is 5.79. The molecular formula is C22H23N5O4S. The van der Waals surface area contributed by atoms with Crippen LogP contribution in [0.2, 0.25) is 0 Å². The van der Waals surface area contributed by atoms with Crippen molar-refractivity contribution in [3.05, 3.63) is 51.0 Å². The predicted molar refractivity (Wildman–Crippen MR) is 121 cm³/mol. The summed E-state index contributed by atoms with van der Waals surface area (Å²) >= 11 is 1.68. The summed E-state index contributed by atoms with van der Waals surface area (Å²) in [4.78, 5) is 32.2. The summed E-state index contributed by atoms with van der Waals surface area (Å²) in [6, 6.07) is 5.47. The Labute approximate surface area is 187 Å². The number of nitrogens with one attached hydrogen (secondary N) is 1. The van der Waals surface area contributed by atoms with Crippen LogP contribution in [0.15, 0.2) is 29.3 Å². The second-order valence-electron chi connectivity index (χ2n) is 7.70. The Morgan fingerprint density at radius 1 is 1.22 bits per heavy atom. The number of rotatable bonds is 6. The van der Waals surface area contributed by atoms with E-state index in [1.54, 1.807) is 31.6 Å². The zero-order valence-electron chi connectivity index (χ0n) is 17.9. The van der Waals surface area contributed by atoms with Crippen LogP contribution >= 0.6 is 11.3 Å². The Hall–Kier alpha value is -3.40. The number of ether oxygens (including phenoxy) is 2. The van der Waals surface area contributed by atoms with Gasteiger partial charge in [-0.05, 0) is 37.3 Å². The Kier molecular flexibility index (Phi) is 5.30. The van der Waals surface area contributed by atoms with Crippen molar-refractivity contribution in [1.29, 1.82) is 0 Å². The minimum absolute atomic E-state index is 0.180. The highest BCUT2D eigenvalue weighted by molar-refractivity contribution is 7.19. The van der Waals surface area contributed by atoms with Gasteiger partial charge in [0.1, 0.15) is 17.7 Å². The lowest BCUT2D eigenvalue weighted by Gasteiger charge is -2.13. The molecule has 0 radical (unpaired) electrons. The minimum Gasteiger partial charge on any atom is -0.493 e. The van der Waals surface area contributed by atoms with E-state index in [9.17, 15) is 9.59 Å². The summed E-state index contributed by atoms with van der Waals surface area (Å²) in [6.45, 7) is 0.0613. The fourth-order valence-electron chi connectivity index (χ4n) is 4.26. The molecule has 4 aromatic rings. The molecule has 3 heterocycles. The average molecular weight is 454 g/mol. The van der Waals surface area contributed by atoms with E-state index < -0.39 is 0 Å². The molecule has 32 heavy (non-hydrogen) atoms. The summed E-state index contributed by atoms with van der Waals surface area (Å²) in [5.41, 5.74) is 2.22. The highest BCUT2D eigenvalue weighted by Crippen LogP contribution is 2.36. The van der Waals surface area contributed by atoms with Gasteiger partial charge < -0.3 is 14.8 Å². The first-order chi connectivity index (χ1) is 15.6. The van der Waals surface area contributed by atoms with Gasteiger partial charge in [0, 0.05) is 17.0 Å². The van der Waals surface area contributed by atoms with Crippen molar-refractivity contribution in [2.45, 2.75) is 38.8 Å². The van der Waals surface area contributed by atoms with Crippen molar-refractivity contribution < 1.29 is 14.3 Å². The second kappa shape index (κ2) is 8.27. The van der Waals surface area contributed by atoms with Crippen molar-refractivity contribution in [1.82, 2.24) is 24.5 Å². The maximum Gasteiger partial charge on any atom is 0.352 e. The number of carbonyl (C=O) groups is 1. The standard InChI is InChI=1S/C22H23N5O4S/c1-30-15-8-5-6-13(19(15)31-2)10-23-17(28)11-27-22(29)26-12-24-21-18(20(26)25-27)14-7-3-4-9-16(14)32-21/h5-6,8,12H,3-4,7,9-11H2,1-2H3,(H,23,28). The van der Waals surface area contributed by atoms with Crippen molar-refractivity contribution in [2.75, 3.05) is 14.2 Å². The van der Waals surface area contributed by atoms with E-state index >= 15 is 0 Å². The molecule has 0 saturated heterocycles. The van der Waals surface area contributed by atoms with Crippen LogP contribution in [0.1, 0.15) is 28.8 Å². The number of aromatic nitrogens is 4. The fraction of sp³-hybridized carbons (Fsp3) is 0.364. The summed E-state index contributed by atoms with van der Waals surface area (Å²) in [5.74, 6) is 0.833. The number of aryl methyl sites for hydroxylation is 2. The molecule has 0 aliphatic heterocycles. The number of benzene rings is 1. The number of hydrogen-bond donors (Lipinski definition) is 1. The fourth-order valence-corrected chi connectivity index (χ4v) is 5.48. The van der Waals surface area contributed by atoms with Gasteiger partial charge >= 0.3 is 5.69 Å². The predicted octanol–water partition coefficient (Wildman–Crippen LogP) is 2.32. The van der Waals surface area contributed by atoms with Crippen LogP contribution < -0.4 is 20.5 Å². The van der Waals surface area contributed by atoms with Gasteiger partial charge in [-0.15, -0.1) is 16.4 Å². The van der Waals surface area contributed by atoms with Crippen LogP contribution in [0.5, 0.6) is 11.5 Å². The molecule has 0 unspecified atom stereocenters. The SMILES string of the molecule is COc1cccc(CNC(=O)Cn2nc3c4c5c(sc4ncn3c2=O)CCCC5)c1OC. The Bertz CT molecular complexity index is 1390. The molecule has 9 nitrogen and oxygen atoms in total. The topological polar surface area (TPSA) is 99.7 Å². The molecule has 0 bridgehead atoms. The smallest absolute Gasteiger partial charge is 0.352 e. The Balaban J connectivity index is 1.40. The maximum atomic E-state index is 12.9. The largest absolute Gasteiger partial charge is 0.493 e. The zero-order chi connectivity index (χ0) is 22.2. The van der Waals surface area contributed by atoms with E-state index in [0.29, 0.717) is 17.1 Å². The molecule has 166 valence electrons. The first-order valence-electron chi connectivity index (χ1n) is 10.5. The number of thiophene rings is 1. The first kappa shape index (κ1) is 20.5. The van der Waals surface area contributed by atoms with E-state index in [-0.39, 0.29) is 24.7 Å². The van der Waals surface area contributed by atoms with Gasteiger partial charge in [0.05, 0.1) is 19.6 Å². The van der Waals surface area contributed by atoms with Crippen LogP contribution in [-0.2, 0) is 30.7 Å². The summed E-state index contributed by atoms with van der Waals surface area (Å²) < 4.78 is 13.3. The van der Waals surface area contributed by atoms with Crippen LogP contribution in [-0.4, -0.2) is 39.3 Å². The first-order valence-corrected chi connectivity index (χ1v) is 11.3. The number of fused-ring (bicyclic) bond motifs is 5. The number of amides is 1. The third kappa shape index (κ3) is 3.40. The lowest BCUT2D eigenvalue weighted by molar-refractivity contribution is -0.122. The van der Waals surface area contributed by atoms with Gasteiger partial charge in [0.25, 0.3) is 0 Å². The van der Waals surface area contributed by atoms with Gasteiger partial charge in [0.15, 0.2) is 17.1 Å². The average Bonchev–Trinajstić information content (AvgIpc) is 3.34. The van der Waals surface area contributed by atoms with Gasteiger partial charge in [-0.25, -0.2) is 18.9 Å². The van der Waals surface area contributed by atoms with Crippen molar-refractivity contribution >= 4 is 33.1 Å². The normalized spacial score (nSPS) is 13.3. The van der Waals surface area contributed by atoms with E-state index in [2.05, 4.69) is 15.4 Å². The number of nitrogens with zero attached hydrogens (tertiary/aromatic N) is 4. The van der Waals surface area contributed by atoms with Crippen LogP contribution in [0.25, 0.3) is 15.9 Å². The lowest BCUT2D eigenvalue weighted by atomic mass is 9.97. The molecule has 3 aromatic heterocycles. The number of hydrogen-bond acceptors (Lipinski definition) is 7. The molecule has 1 aromatic carbocycles. The molecule has 0 fully saturated rings. The molecule has 0 spiro atoms. The van der Waals surface area contributed by atoms with Gasteiger partial charge in [-0.1, -0.05) is 12.1 Å². The van der Waals surface area contributed by atoms with Crippen molar-refractivity contribution in [3.8, 4) is 11.5 Å². The second-order valence-corrected chi connectivity index (χ2v) is 8.78. The summed E-state index contributed by atoms with van der Waals surface area (Å²) in [5, 5.41) is 8.28. The zero-order valence-corrected chi connectivity index (χ0v) is 18.7. The molecule has 1 aliphatic rings. The van der Waals surface area contributed by atoms with E-state index in [0.717, 1.165) is 35.0 Å². The highest BCUT2D eigenvalue weighted by Gasteiger charge is 2.22. The van der Waals surface area contributed by atoms with Crippen molar-refractivity contribution in [2.24, 2.45) is 0 Å². The van der Waals surface area contributed by atoms with E-state index in [1.165, 1.54) is 32.3 Å². The van der Waals surface area contributed by atoms with Crippen LogP contribution in [0.4, 0.5) is 0 Å². The van der Waals surface area contributed by atoms with Crippen molar-refractivity contribution in [3.63, 3.8) is 0 Å². The lowest BCUT2D eigenvalue weighted by Crippen LogP contribution is -2.32. The van der Waals surface area contributed by atoms with Gasteiger partial charge in [-0.2, -0.15) is 0 Å². The molecule has 1 amide bonds. The molecule has 5 rings (SSSR count). The Morgan fingerprint density at radius 2 is 2.06 bits per heavy atom. The van der Waals surface area contributed by atoms with Crippen LogP contribution in [0, 0.1) is 0 Å². The van der Waals surface area contributed by atoms with Gasteiger partial charge in [-0.3, -0.25) is 4.79 Å². The quantitative estimate of drug-likeness (QED) is 0.481. The van der Waals surface area contributed by atoms with E-state index in [1.807, 2.05) is 12.1 Å². The third-order valence-corrected chi connectivity index (χ3v) is 6.99. The monoisotopic (exact) mass is 453 g/mol. The highest BCUT2D eigenvalue weighted by atomic mass is 32.1.